The van der Waals surface area contributed by atoms with E-state index in [4.69, 9.17) is 17.2 Å². The van der Waals surface area contributed by atoms with E-state index in [0.29, 0.717) is 6.04 Å². The van der Waals surface area contributed by atoms with Crippen LogP contribution in [0.15, 0.2) is 0 Å². The molecule has 0 saturated heterocycles. The first-order chi connectivity index (χ1) is 6.31. The molecular weight excluding hydrogens is 162 g/mol. The maximum atomic E-state index is 5.89. The van der Waals surface area contributed by atoms with E-state index in [2.05, 4.69) is 0 Å². The Morgan fingerprint density at radius 2 is 1.23 bits per heavy atom. The summed E-state index contributed by atoms with van der Waals surface area (Å²) in [6, 6.07) is 0.362. The van der Waals surface area contributed by atoms with Gasteiger partial charge in [0.25, 0.3) is 0 Å². The van der Waals surface area contributed by atoms with Gasteiger partial charge in [-0.25, -0.2) is 0 Å². The lowest BCUT2D eigenvalue weighted by atomic mass is 10.0. The van der Waals surface area contributed by atoms with Gasteiger partial charge < -0.3 is 17.2 Å². The van der Waals surface area contributed by atoms with Crippen molar-refractivity contribution in [1.82, 2.24) is 0 Å². The summed E-state index contributed by atoms with van der Waals surface area (Å²) < 4.78 is 0. The third-order valence-corrected chi connectivity index (χ3v) is 2.31. The molecule has 0 saturated carbocycles. The monoisotopic (exact) mass is 187 g/mol. The van der Waals surface area contributed by atoms with Gasteiger partial charge in [-0.15, -0.1) is 0 Å². The van der Waals surface area contributed by atoms with Crippen molar-refractivity contribution in [3.8, 4) is 0 Å². The largest absolute Gasteiger partial charge is 0.330 e. The van der Waals surface area contributed by atoms with Crippen LogP contribution in [0, 0.1) is 0 Å². The van der Waals surface area contributed by atoms with Gasteiger partial charge in [-0.1, -0.05) is 19.3 Å². The fraction of sp³-hybridized carbons (Fsp3) is 1.00. The SMILES string of the molecule is NCCCCCCC(N)CCCN. The molecule has 0 fully saturated rings. The molecule has 0 aliphatic rings. The standard InChI is InChI=1S/C10H25N3/c11-8-4-2-1-3-6-10(13)7-5-9-12/h10H,1-9,11-13H2. The molecule has 0 aromatic rings. The highest BCUT2D eigenvalue weighted by Crippen LogP contribution is 2.07. The van der Waals surface area contributed by atoms with Crippen LogP contribution in [0.4, 0.5) is 0 Å². The fourth-order valence-electron chi connectivity index (χ4n) is 1.43. The van der Waals surface area contributed by atoms with E-state index in [1.54, 1.807) is 0 Å². The molecule has 3 heteroatoms. The molecule has 0 radical (unpaired) electrons. The maximum absolute atomic E-state index is 5.89. The molecule has 0 bridgehead atoms. The minimum absolute atomic E-state index is 0.362. The second-order valence-electron chi connectivity index (χ2n) is 3.68. The van der Waals surface area contributed by atoms with E-state index < -0.39 is 0 Å². The molecule has 0 spiro atoms. The zero-order valence-electron chi connectivity index (χ0n) is 8.67. The summed E-state index contributed by atoms with van der Waals surface area (Å²) in [6.07, 6.45) is 8.19. The van der Waals surface area contributed by atoms with Crippen LogP contribution >= 0.6 is 0 Å². The van der Waals surface area contributed by atoms with E-state index in [1.807, 2.05) is 0 Å². The number of hydrogen-bond donors (Lipinski definition) is 3. The summed E-state index contributed by atoms with van der Waals surface area (Å²) in [5.41, 5.74) is 16.7. The van der Waals surface area contributed by atoms with Crippen LogP contribution in [0.25, 0.3) is 0 Å². The van der Waals surface area contributed by atoms with E-state index in [9.17, 15) is 0 Å². The van der Waals surface area contributed by atoms with Crippen molar-refractivity contribution in [3.05, 3.63) is 0 Å². The third kappa shape index (κ3) is 9.80. The van der Waals surface area contributed by atoms with Gasteiger partial charge in [0.1, 0.15) is 0 Å². The molecule has 0 aliphatic heterocycles. The van der Waals surface area contributed by atoms with Gasteiger partial charge in [0, 0.05) is 6.04 Å². The Bertz CT molecular complexity index is 96.2. The smallest absolute Gasteiger partial charge is 0.00392 e. The summed E-state index contributed by atoms with van der Waals surface area (Å²) in [4.78, 5) is 0. The summed E-state index contributed by atoms with van der Waals surface area (Å²) in [7, 11) is 0. The van der Waals surface area contributed by atoms with Gasteiger partial charge in [0.15, 0.2) is 0 Å². The Hall–Kier alpha value is -0.120. The lowest BCUT2D eigenvalue weighted by molar-refractivity contribution is 0.508. The number of hydrogen-bond acceptors (Lipinski definition) is 3. The molecule has 0 rings (SSSR count). The molecule has 0 aromatic carbocycles. The van der Waals surface area contributed by atoms with E-state index in [-0.39, 0.29) is 0 Å². The lowest BCUT2D eigenvalue weighted by Crippen LogP contribution is -2.20. The molecule has 3 nitrogen and oxygen atoms in total. The molecule has 80 valence electrons. The first kappa shape index (κ1) is 12.9. The first-order valence-corrected chi connectivity index (χ1v) is 5.47. The summed E-state index contributed by atoms with van der Waals surface area (Å²) in [6.45, 7) is 1.58. The Labute approximate surface area is 82.0 Å². The van der Waals surface area contributed by atoms with Crippen molar-refractivity contribution in [2.24, 2.45) is 17.2 Å². The molecular formula is C10H25N3. The topological polar surface area (TPSA) is 78.1 Å². The van der Waals surface area contributed by atoms with Crippen LogP contribution in [0.1, 0.15) is 44.9 Å². The summed E-state index contributed by atoms with van der Waals surface area (Å²) in [5.74, 6) is 0. The molecule has 0 heterocycles. The van der Waals surface area contributed by atoms with E-state index in [1.165, 1.54) is 19.3 Å². The quantitative estimate of drug-likeness (QED) is 0.470. The normalized spacial score (nSPS) is 13.2. The van der Waals surface area contributed by atoms with Crippen molar-refractivity contribution >= 4 is 0 Å². The van der Waals surface area contributed by atoms with Crippen LogP contribution in [0.3, 0.4) is 0 Å². The molecule has 0 aromatic heterocycles. The van der Waals surface area contributed by atoms with Crippen LogP contribution in [0.2, 0.25) is 0 Å². The van der Waals surface area contributed by atoms with E-state index >= 15 is 0 Å². The van der Waals surface area contributed by atoms with Crippen molar-refractivity contribution < 1.29 is 0 Å². The minimum atomic E-state index is 0.362. The van der Waals surface area contributed by atoms with Crippen molar-refractivity contribution in [1.29, 1.82) is 0 Å². The maximum Gasteiger partial charge on any atom is 0.00392 e. The number of unbranched alkanes of at least 4 members (excludes halogenated alkanes) is 3. The Morgan fingerprint density at radius 3 is 1.85 bits per heavy atom. The molecule has 13 heavy (non-hydrogen) atoms. The molecule has 1 atom stereocenters. The average Bonchev–Trinajstić information content (AvgIpc) is 2.14. The predicted molar refractivity (Wildman–Crippen MR) is 58.4 cm³/mol. The van der Waals surface area contributed by atoms with E-state index in [0.717, 1.165) is 38.8 Å². The van der Waals surface area contributed by atoms with Crippen LogP contribution in [-0.4, -0.2) is 19.1 Å². The highest BCUT2D eigenvalue weighted by Gasteiger charge is 2.00. The molecule has 0 aliphatic carbocycles. The van der Waals surface area contributed by atoms with Crippen molar-refractivity contribution in [2.45, 2.75) is 51.0 Å². The first-order valence-electron chi connectivity index (χ1n) is 5.47. The van der Waals surface area contributed by atoms with Gasteiger partial charge in [-0.2, -0.15) is 0 Å². The van der Waals surface area contributed by atoms with Crippen LogP contribution in [0.5, 0.6) is 0 Å². The number of nitrogens with two attached hydrogens (primary N) is 3. The average molecular weight is 187 g/mol. The summed E-state index contributed by atoms with van der Waals surface area (Å²) in [5, 5.41) is 0. The van der Waals surface area contributed by atoms with Gasteiger partial charge in [-0.05, 0) is 38.8 Å². The van der Waals surface area contributed by atoms with Gasteiger partial charge >= 0.3 is 0 Å². The molecule has 1 unspecified atom stereocenters. The molecule has 6 N–H and O–H groups in total. The third-order valence-electron chi connectivity index (χ3n) is 2.31. The fourth-order valence-corrected chi connectivity index (χ4v) is 1.43. The highest BCUT2D eigenvalue weighted by atomic mass is 14.6. The van der Waals surface area contributed by atoms with Crippen LogP contribution < -0.4 is 17.2 Å². The van der Waals surface area contributed by atoms with Crippen molar-refractivity contribution in [3.63, 3.8) is 0 Å². The Kier molecular flexibility index (Phi) is 9.87. The lowest BCUT2D eigenvalue weighted by Gasteiger charge is -2.09. The second-order valence-corrected chi connectivity index (χ2v) is 3.68. The molecule has 0 amide bonds. The summed E-state index contributed by atoms with van der Waals surface area (Å²) >= 11 is 0. The predicted octanol–water partition coefficient (Wildman–Crippen LogP) is 0.962. The Morgan fingerprint density at radius 1 is 0.692 bits per heavy atom. The zero-order chi connectivity index (χ0) is 9.94. The number of rotatable bonds is 9. The minimum Gasteiger partial charge on any atom is -0.330 e. The second kappa shape index (κ2) is 9.96. The zero-order valence-corrected chi connectivity index (χ0v) is 8.67. The van der Waals surface area contributed by atoms with Gasteiger partial charge in [-0.3, -0.25) is 0 Å². The van der Waals surface area contributed by atoms with Gasteiger partial charge in [0.05, 0.1) is 0 Å². The van der Waals surface area contributed by atoms with Gasteiger partial charge in [0.2, 0.25) is 0 Å². The Balaban J connectivity index is 3.03. The highest BCUT2D eigenvalue weighted by molar-refractivity contribution is 4.61. The van der Waals surface area contributed by atoms with Crippen LogP contribution in [-0.2, 0) is 0 Å². The van der Waals surface area contributed by atoms with Crippen molar-refractivity contribution in [2.75, 3.05) is 13.1 Å².